The van der Waals surface area contributed by atoms with Gasteiger partial charge in [0.1, 0.15) is 6.54 Å². The van der Waals surface area contributed by atoms with Gasteiger partial charge in [-0.25, -0.2) is 4.68 Å². The van der Waals surface area contributed by atoms with Crippen LogP contribution in [0.2, 0.25) is 0 Å². The molecular formula is C20H28N6OS. The number of hydrogen-bond acceptors (Lipinski definition) is 6. The van der Waals surface area contributed by atoms with E-state index in [-0.39, 0.29) is 18.0 Å². The summed E-state index contributed by atoms with van der Waals surface area (Å²) in [5.74, 6) is 2.94. The summed E-state index contributed by atoms with van der Waals surface area (Å²) in [6.07, 6.45) is 5.52. The predicted octanol–water partition coefficient (Wildman–Crippen LogP) is 2.20. The molecule has 2 aliphatic rings. The smallest absolute Gasteiger partial charge is 0.244 e. The second kappa shape index (κ2) is 9.05. The van der Waals surface area contributed by atoms with Gasteiger partial charge in [0.2, 0.25) is 5.91 Å². The van der Waals surface area contributed by atoms with Crippen LogP contribution in [-0.4, -0.2) is 55.6 Å². The van der Waals surface area contributed by atoms with Gasteiger partial charge < -0.3 is 10.2 Å². The van der Waals surface area contributed by atoms with Gasteiger partial charge in [-0.2, -0.15) is 11.8 Å². The normalized spacial score (nSPS) is 19.5. The van der Waals surface area contributed by atoms with Crippen LogP contribution in [0.25, 0.3) is 0 Å². The first kappa shape index (κ1) is 19.4. The molecule has 1 aromatic carbocycles. The van der Waals surface area contributed by atoms with Gasteiger partial charge in [-0.15, -0.1) is 5.10 Å². The van der Waals surface area contributed by atoms with Crippen molar-refractivity contribution in [2.24, 2.45) is 0 Å². The summed E-state index contributed by atoms with van der Waals surface area (Å²) in [5.41, 5.74) is 0.976. The number of amides is 1. The molecule has 0 atom stereocenters. The van der Waals surface area contributed by atoms with Gasteiger partial charge in [0.05, 0.1) is 5.54 Å². The molecule has 0 unspecified atom stereocenters. The second-order valence-electron chi connectivity index (χ2n) is 7.64. The van der Waals surface area contributed by atoms with Gasteiger partial charge in [0, 0.05) is 31.1 Å². The van der Waals surface area contributed by atoms with E-state index < -0.39 is 0 Å². The van der Waals surface area contributed by atoms with Crippen LogP contribution < -0.4 is 5.32 Å². The highest BCUT2D eigenvalue weighted by Crippen LogP contribution is 2.36. The molecule has 2 aromatic rings. The number of nitrogens with one attached hydrogen (secondary N) is 1. The molecule has 4 rings (SSSR count). The van der Waals surface area contributed by atoms with E-state index in [0.29, 0.717) is 0 Å². The zero-order valence-corrected chi connectivity index (χ0v) is 17.0. The molecule has 1 saturated heterocycles. The molecule has 150 valence electrons. The Morgan fingerprint density at radius 3 is 2.61 bits per heavy atom. The molecule has 1 saturated carbocycles. The summed E-state index contributed by atoms with van der Waals surface area (Å²) >= 11 is 1.90. The minimum absolute atomic E-state index is 0.114. The highest BCUT2D eigenvalue weighted by molar-refractivity contribution is 7.99. The number of carbonyl (C=O) groups excluding carboxylic acids is 1. The quantitative estimate of drug-likeness (QED) is 0.801. The van der Waals surface area contributed by atoms with E-state index in [1.807, 2.05) is 22.7 Å². The molecule has 0 radical (unpaired) electrons. The summed E-state index contributed by atoms with van der Waals surface area (Å²) in [5, 5.41) is 16.3. The molecule has 1 aromatic heterocycles. The Morgan fingerprint density at radius 1 is 1.11 bits per heavy atom. The van der Waals surface area contributed by atoms with Crippen LogP contribution >= 0.6 is 11.8 Å². The third kappa shape index (κ3) is 4.38. The Kier molecular flexibility index (Phi) is 6.26. The Bertz CT molecular complexity index is 768. The summed E-state index contributed by atoms with van der Waals surface area (Å²) in [6, 6.07) is 10.4. The van der Waals surface area contributed by atoms with Gasteiger partial charge in [-0.05, 0) is 28.8 Å². The van der Waals surface area contributed by atoms with Crippen molar-refractivity contribution in [2.45, 2.75) is 50.7 Å². The van der Waals surface area contributed by atoms with Gasteiger partial charge in [0.25, 0.3) is 0 Å². The van der Waals surface area contributed by atoms with E-state index >= 15 is 0 Å². The fourth-order valence-electron chi connectivity index (χ4n) is 4.20. The molecule has 2 heterocycles. The van der Waals surface area contributed by atoms with Crippen LogP contribution in [0.3, 0.4) is 0 Å². The number of thioether (sulfide) groups is 1. The van der Waals surface area contributed by atoms with Crippen molar-refractivity contribution in [1.29, 1.82) is 0 Å². The van der Waals surface area contributed by atoms with E-state index in [1.165, 1.54) is 12.0 Å². The number of benzene rings is 1. The summed E-state index contributed by atoms with van der Waals surface area (Å²) in [6.45, 7) is 2.63. The first-order chi connectivity index (χ1) is 13.8. The average Bonchev–Trinajstić information content (AvgIpc) is 3.23. The lowest BCUT2D eigenvalue weighted by molar-refractivity contribution is -0.131. The van der Waals surface area contributed by atoms with Crippen LogP contribution in [0.4, 0.5) is 0 Å². The fraction of sp³-hybridized carbons (Fsp3) is 0.600. The summed E-state index contributed by atoms with van der Waals surface area (Å²) < 4.78 is 1.73. The SMILES string of the molecule is O=C(Cn1nnnc1C1(NCc2ccccc2)CCCCC1)N1CCSCC1. The Balaban J connectivity index is 1.52. The van der Waals surface area contributed by atoms with Crippen LogP contribution in [-0.2, 0) is 23.4 Å². The molecular weight excluding hydrogens is 372 g/mol. The van der Waals surface area contributed by atoms with E-state index in [1.54, 1.807) is 4.68 Å². The molecule has 0 bridgehead atoms. The average molecular weight is 401 g/mol. The Morgan fingerprint density at radius 2 is 1.86 bits per heavy atom. The number of nitrogens with zero attached hydrogens (tertiary/aromatic N) is 5. The van der Waals surface area contributed by atoms with E-state index in [0.717, 1.165) is 62.6 Å². The molecule has 2 fully saturated rings. The van der Waals surface area contributed by atoms with Crippen molar-refractivity contribution in [3.8, 4) is 0 Å². The van der Waals surface area contributed by atoms with Crippen LogP contribution in [0.5, 0.6) is 0 Å². The maximum atomic E-state index is 12.8. The first-order valence-electron chi connectivity index (χ1n) is 10.2. The number of aromatic nitrogens is 4. The molecule has 1 aliphatic heterocycles. The first-order valence-corrected chi connectivity index (χ1v) is 11.3. The van der Waals surface area contributed by atoms with Gasteiger partial charge in [0.15, 0.2) is 5.82 Å². The zero-order chi connectivity index (χ0) is 19.2. The molecule has 1 aliphatic carbocycles. The monoisotopic (exact) mass is 400 g/mol. The molecule has 28 heavy (non-hydrogen) atoms. The predicted molar refractivity (Wildman–Crippen MR) is 110 cm³/mol. The van der Waals surface area contributed by atoms with Crippen molar-refractivity contribution in [3.05, 3.63) is 41.7 Å². The Hall–Kier alpha value is -1.93. The standard InChI is InChI=1S/C20H28N6OS/c27-18(25-11-13-28-14-12-25)16-26-19(22-23-24-26)20(9-5-2-6-10-20)21-15-17-7-3-1-4-8-17/h1,3-4,7-8,21H,2,5-6,9-16H2. The molecule has 8 heteroatoms. The topological polar surface area (TPSA) is 75.9 Å². The lowest BCUT2D eigenvalue weighted by Gasteiger charge is -2.37. The summed E-state index contributed by atoms with van der Waals surface area (Å²) in [4.78, 5) is 14.7. The van der Waals surface area contributed by atoms with E-state index in [9.17, 15) is 4.79 Å². The van der Waals surface area contributed by atoms with Gasteiger partial charge in [-0.3, -0.25) is 4.79 Å². The number of rotatable bonds is 6. The van der Waals surface area contributed by atoms with Crippen molar-refractivity contribution in [1.82, 2.24) is 30.4 Å². The number of hydrogen-bond donors (Lipinski definition) is 1. The fourth-order valence-corrected chi connectivity index (χ4v) is 5.10. The highest BCUT2D eigenvalue weighted by Gasteiger charge is 2.39. The highest BCUT2D eigenvalue weighted by atomic mass is 32.2. The van der Waals surface area contributed by atoms with E-state index in [4.69, 9.17) is 0 Å². The maximum absolute atomic E-state index is 12.8. The third-order valence-electron chi connectivity index (χ3n) is 5.79. The number of tetrazole rings is 1. The van der Waals surface area contributed by atoms with Crippen molar-refractivity contribution < 1.29 is 4.79 Å². The largest absolute Gasteiger partial charge is 0.339 e. The lowest BCUT2D eigenvalue weighted by Crippen LogP contribution is -2.47. The van der Waals surface area contributed by atoms with Crippen LogP contribution in [0.15, 0.2) is 30.3 Å². The van der Waals surface area contributed by atoms with Crippen molar-refractivity contribution in [2.75, 3.05) is 24.6 Å². The minimum atomic E-state index is -0.268. The van der Waals surface area contributed by atoms with E-state index in [2.05, 4.69) is 45.1 Å². The molecule has 0 spiro atoms. The maximum Gasteiger partial charge on any atom is 0.244 e. The lowest BCUT2D eigenvalue weighted by atomic mass is 9.80. The van der Waals surface area contributed by atoms with Gasteiger partial charge >= 0.3 is 0 Å². The summed E-state index contributed by atoms with van der Waals surface area (Å²) in [7, 11) is 0. The molecule has 1 amide bonds. The zero-order valence-electron chi connectivity index (χ0n) is 16.2. The number of carbonyl (C=O) groups is 1. The van der Waals surface area contributed by atoms with Crippen LogP contribution in [0, 0.1) is 0 Å². The van der Waals surface area contributed by atoms with Gasteiger partial charge in [-0.1, -0.05) is 49.6 Å². The van der Waals surface area contributed by atoms with Crippen LogP contribution in [0.1, 0.15) is 43.5 Å². The Labute approximate surface area is 170 Å². The molecule has 7 nitrogen and oxygen atoms in total. The third-order valence-corrected chi connectivity index (χ3v) is 6.73. The van der Waals surface area contributed by atoms with Crippen molar-refractivity contribution in [3.63, 3.8) is 0 Å². The van der Waals surface area contributed by atoms with Crippen molar-refractivity contribution >= 4 is 17.7 Å². The molecule has 1 N–H and O–H groups in total. The minimum Gasteiger partial charge on any atom is -0.339 e. The second-order valence-corrected chi connectivity index (χ2v) is 8.86.